The van der Waals surface area contributed by atoms with E-state index in [1.54, 1.807) is 6.20 Å². The summed E-state index contributed by atoms with van der Waals surface area (Å²) in [5, 5.41) is 13.8. The van der Waals surface area contributed by atoms with Gasteiger partial charge >= 0.3 is 0 Å². The first-order chi connectivity index (χ1) is 16.7. The van der Waals surface area contributed by atoms with Crippen molar-refractivity contribution >= 4 is 10.9 Å². The number of tetrazole rings is 1. The van der Waals surface area contributed by atoms with Gasteiger partial charge in [0, 0.05) is 36.6 Å². The van der Waals surface area contributed by atoms with Crippen LogP contribution >= 0.6 is 0 Å². The van der Waals surface area contributed by atoms with Gasteiger partial charge in [-0.25, -0.2) is 4.68 Å². The lowest BCUT2D eigenvalue weighted by Crippen LogP contribution is -2.29. The van der Waals surface area contributed by atoms with Crippen molar-refractivity contribution in [2.45, 2.75) is 71.1 Å². The molecule has 176 valence electrons. The molecule has 0 saturated heterocycles. The molecule has 3 heterocycles. The van der Waals surface area contributed by atoms with E-state index in [4.69, 9.17) is 0 Å². The molecule has 8 heteroatoms. The van der Waals surface area contributed by atoms with Crippen molar-refractivity contribution in [3.8, 4) is 0 Å². The van der Waals surface area contributed by atoms with E-state index in [1.807, 2.05) is 29.1 Å². The number of nitrogens with zero attached hydrogens (tertiary/aromatic N) is 6. The van der Waals surface area contributed by atoms with Crippen LogP contribution in [0.5, 0.6) is 0 Å². The number of hydrogen-bond acceptors (Lipinski definition) is 6. The fourth-order valence-electron chi connectivity index (χ4n) is 4.92. The average Bonchev–Trinajstić information content (AvgIpc) is 3.33. The highest BCUT2D eigenvalue weighted by Crippen LogP contribution is 2.28. The largest absolute Gasteiger partial charge is 0.322 e. The predicted molar refractivity (Wildman–Crippen MR) is 131 cm³/mol. The number of H-pyrrole nitrogens is 1. The number of aromatic nitrogens is 6. The number of aryl methyl sites for hydroxylation is 1. The van der Waals surface area contributed by atoms with E-state index in [9.17, 15) is 4.79 Å². The highest BCUT2D eigenvalue weighted by atomic mass is 16.1. The molecule has 1 saturated carbocycles. The summed E-state index contributed by atoms with van der Waals surface area (Å²) in [4.78, 5) is 22.5. The van der Waals surface area contributed by atoms with Gasteiger partial charge in [-0.15, -0.1) is 5.10 Å². The second kappa shape index (κ2) is 10.3. The Kier molecular flexibility index (Phi) is 6.76. The van der Waals surface area contributed by atoms with Gasteiger partial charge in [0.1, 0.15) is 0 Å². The number of rotatable bonds is 8. The van der Waals surface area contributed by atoms with Crippen LogP contribution in [-0.2, 0) is 26.1 Å². The quantitative estimate of drug-likeness (QED) is 0.427. The van der Waals surface area contributed by atoms with Gasteiger partial charge in [-0.05, 0) is 70.5 Å². The number of pyridine rings is 2. The van der Waals surface area contributed by atoms with Crippen molar-refractivity contribution in [1.29, 1.82) is 0 Å². The van der Waals surface area contributed by atoms with Gasteiger partial charge in [0.25, 0.3) is 5.56 Å². The molecule has 3 aromatic heterocycles. The minimum Gasteiger partial charge on any atom is -0.322 e. The van der Waals surface area contributed by atoms with Crippen LogP contribution in [0.1, 0.15) is 67.6 Å². The number of nitrogens with one attached hydrogen (secondary N) is 1. The molecule has 5 rings (SSSR count). The van der Waals surface area contributed by atoms with E-state index in [0.717, 1.165) is 47.1 Å². The molecule has 1 aromatic carbocycles. The molecule has 1 aliphatic rings. The van der Waals surface area contributed by atoms with E-state index in [1.165, 1.54) is 24.8 Å². The van der Waals surface area contributed by atoms with Gasteiger partial charge in [-0.3, -0.25) is 14.7 Å². The number of hydrogen-bond donors (Lipinski definition) is 1. The van der Waals surface area contributed by atoms with Crippen molar-refractivity contribution in [3.05, 3.63) is 81.7 Å². The Morgan fingerprint density at radius 2 is 1.94 bits per heavy atom. The first kappa shape index (κ1) is 22.4. The molecule has 0 aliphatic heterocycles. The third-order valence-electron chi connectivity index (χ3n) is 6.76. The molecule has 8 nitrogen and oxygen atoms in total. The molecule has 0 atom stereocenters. The average molecular weight is 458 g/mol. The molecule has 1 aliphatic carbocycles. The summed E-state index contributed by atoms with van der Waals surface area (Å²) >= 11 is 0. The van der Waals surface area contributed by atoms with Crippen molar-refractivity contribution < 1.29 is 0 Å². The third-order valence-corrected chi connectivity index (χ3v) is 6.76. The topological polar surface area (TPSA) is 92.6 Å². The summed E-state index contributed by atoms with van der Waals surface area (Å²) < 4.78 is 2.01. The lowest BCUT2D eigenvalue weighted by atomic mass is 9.95. The van der Waals surface area contributed by atoms with Crippen molar-refractivity contribution in [2.24, 2.45) is 0 Å². The third kappa shape index (κ3) is 5.07. The molecule has 34 heavy (non-hydrogen) atoms. The molecule has 0 unspecified atom stereocenters. The van der Waals surface area contributed by atoms with Crippen LogP contribution in [0, 0.1) is 0 Å². The molecule has 0 radical (unpaired) electrons. The standard InChI is InChI=1S/C26H31N7O/c1-2-19-10-11-24-21(13-19)14-22(26(34)28-24)17-32(16-20-7-6-12-27-15-20)18-25-29-30-31-33(25)23-8-4-3-5-9-23/h6-7,10-15,23H,2-5,8-9,16-18H2,1H3,(H,28,34). The van der Waals surface area contributed by atoms with Gasteiger partial charge in [-0.1, -0.05) is 38.3 Å². The monoisotopic (exact) mass is 457 g/mol. The number of fused-ring (bicyclic) bond motifs is 1. The highest BCUT2D eigenvalue weighted by molar-refractivity contribution is 5.79. The Bertz CT molecular complexity index is 1290. The van der Waals surface area contributed by atoms with Crippen molar-refractivity contribution in [1.82, 2.24) is 35.1 Å². The van der Waals surface area contributed by atoms with Gasteiger partial charge < -0.3 is 4.98 Å². The van der Waals surface area contributed by atoms with E-state index in [0.29, 0.717) is 25.7 Å². The van der Waals surface area contributed by atoms with Gasteiger partial charge in [0.05, 0.1) is 12.6 Å². The zero-order valence-corrected chi connectivity index (χ0v) is 19.7. The number of aromatic amines is 1. The zero-order chi connectivity index (χ0) is 23.3. The lowest BCUT2D eigenvalue weighted by molar-refractivity contribution is 0.225. The smallest absolute Gasteiger partial charge is 0.252 e. The van der Waals surface area contributed by atoms with Gasteiger partial charge in [-0.2, -0.15) is 0 Å². The van der Waals surface area contributed by atoms with Crippen LogP contribution in [0.2, 0.25) is 0 Å². The Morgan fingerprint density at radius 3 is 2.74 bits per heavy atom. The molecule has 4 aromatic rings. The van der Waals surface area contributed by atoms with Crippen molar-refractivity contribution in [2.75, 3.05) is 0 Å². The summed E-state index contributed by atoms with van der Waals surface area (Å²) in [6, 6.07) is 12.6. The fraction of sp³-hybridized carbons (Fsp3) is 0.423. The molecule has 0 spiro atoms. The first-order valence-corrected chi connectivity index (χ1v) is 12.2. The number of benzene rings is 1. The SMILES string of the molecule is CCc1ccc2[nH]c(=O)c(CN(Cc3cccnc3)Cc3nnnn3C3CCCCC3)cc2c1. The maximum Gasteiger partial charge on any atom is 0.252 e. The van der Waals surface area contributed by atoms with E-state index in [2.05, 4.69) is 55.5 Å². The molecular weight excluding hydrogens is 426 g/mol. The van der Waals surface area contributed by atoms with Crippen LogP contribution in [0.4, 0.5) is 0 Å². The van der Waals surface area contributed by atoms with E-state index < -0.39 is 0 Å². The summed E-state index contributed by atoms with van der Waals surface area (Å²) in [6.07, 6.45) is 10.6. The minimum absolute atomic E-state index is 0.0557. The van der Waals surface area contributed by atoms with Gasteiger partial charge in [0.15, 0.2) is 5.82 Å². The maximum atomic E-state index is 13.0. The zero-order valence-electron chi connectivity index (χ0n) is 19.7. The Morgan fingerprint density at radius 1 is 1.06 bits per heavy atom. The minimum atomic E-state index is -0.0557. The molecule has 0 amide bonds. The Labute approximate surface area is 199 Å². The summed E-state index contributed by atoms with van der Waals surface area (Å²) in [7, 11) is 0. The molecule has 1 N–H and O–H groups in total. The van der Waals surface area contributed by atoms with E-state index in [-0.39, 0.29) is 5.56 Å². The Balaban J connectivity index is 1.44. The Hall–Kier alpha value is -3.39. The predicted octanol–water partition coefficient (Wildman–Crippen LogP) is 4.18. The molecule has 1 fully saturated rings. The highest BCUT2D eigenvalue weighted by Gasteiger charge is 2.22. The molecular formula is C26H31N7O. The van der Waals surface area contributed by atoms with Crippen molar-refractivity contribution in [3.63, 3.8) is 0 Å². The first-order valence-electron chi connectivity index (χ1n) is 12.2. The summed E-state index contributed by atoms with van der Waals surface area (Å²) in [5.74, 6) is 0.848. The van der Waals surface area contributed by atoms with Crippen LogP contribution in [0.25, 0.3) is 10.9 Å². The molecule has 0 bridgehead atoms. The maximum absolute atomic E-state index is 13.0. The van der Waals surface area contributed by atoms with Crippen LogP contribution in [0.3, 0.4) is 0 Å². The van der Waals surface area contributed by atoms with Crippen LogP contribution < -0.4 is 5.56 Å². The summed E-state index contributed by atoms with van der Waals surface area (Å²) in [5.41, 5.74) is 3.89. The van der Waals surface area contributed by atoms with E-state index >= 15 is 0 Å². The lowest BCUT2D eigenvalue weighted by Gasteiger charge is -2.25. The van der Waals surface area contributed by atoms with Gasteiger partial charge in [0.2, 0.25) is 0 Å². The second-order valence-electron chi connectivity index (χ2n) is 9.24. The normalized spacial score (nSPS) is 14.8. The van der Waals surface area contributed by atoms with Crippen LogP contribution in [-0.4, -0.2) is 35.1 Å². The second-order valence-corrected chi connectivity index (χ2v) is 9.24. The summed E-state index contributed by atoms with van der Waals surface area (Å²) in [6.45, 7) is 3.84. The fourth-order valence-corrected chi connectivity index (χ4v) is 4.92. The van der Waals surface area contributed by atoms with Crippen LogP contribution in [0.15, 0.2) is 53.6 Å².